The number of hydrogen-bond acceptors (Lipinski definition) is 3. The van der Waals surface area contributed by atoms with Crippen LogP contribution >= 0.6 is 11.3 Å². The highest BCUT2D eigenvalue weighted by Crippen LogP contribution is 2.48. The fourth-order valence-corrected chi connectivity index (χ4v) is 10.5. The molecule has 0 unspecified atom stereocenters. The molecule has 0 saturated carbocycles. The number of fused-ring (bicyclic) bond motifs is 17. The second-order valence-electron chi connectivity index (χ2n) is 14.0. The number of thiophene rings is 1. The van der Waals surface area contributed by atoms with Gasteiger partial charge in [0.25, 0.3) is 0 Å². The molecule has 5 heterocycles. The third-order valence-corrected chi connectivity index (χ3v) is 12.6. The van der Waals surface area contributed by atoms with Crippen LogP contribution in [0, 0.1) is 0 Å². The molecule has 0 bridgehead atoms. The number of hydrogen-bond donors (Lipinski definition) is 0. The molecule has 0 atom stereocenters. The van der Waals surface area contributed by atoms with E-state index in [0.717, 1.165) is 55.3 Å². The molecular formula is C48H26N2O2S. The summed E-state index contributed by atoms with van der Waals surface area (Å²) in [5, 5.41) is 12.2. The Morgan fingerprint density at radius 1 is 0.321 bits per heavy atom. The zero-order chi connectivity index (χ0) is 34.4. The van der Waals surface area contributed by atoms with Crippen LogP contribution < -0.4 is 0 Å². The maximum Gasteiger partial charge on any atom is 0.135 e. The molecule has 5 aromatic heterocycles. The van der Waals surface area contributed by atoms with Gasteiger partial charge in [0.05, 0.1) is 22.1 Å². The number of furan rings is 2. The molecule has 8 aromatic carbocycles. The molecule has 0 radical (unpaired) electrons. The van der Waals surface area contributed by atoms with E-state index in [1.54, 1.807) is 0 Å². The summed E-state index contributed by atoms with van der Waals surface area (Å²) >= 11 is 1.92. The first-order valence-electron chi connectivity index (χ1n) is 17.9. The van der Waals surface area contributed by atoms with E-state index in [1.165, 1.54) is 63.8 Å². The normalized spacial score (nSPS) is 12.5. The Labute approximate surface area is 304 Å². The summed E-state index contributed by atoms with van der Waals surface area (Å²) in [6.07, 6.45) is 0. The summed E-state index contributed by atoms with van der Waals surface area (Å²) in [7, 11) is 0. The first kappa shape index (κ1) is 27.8. The summed E-state index contributed by atoms with van der Waals surface area (Å²) in [4.78, 5) is 0. The van der Waals surface area contributed by atoms with Gasteiger partial charge < -0.3 is 18.0 Å². The van der Waals surface area contributed by atoms with Crippen molar-refractivity contribution in [3.63, 3.8) is 0 Å². The van der Waals surface area contributed by atoms with Crippen LogP contribution in [0.3, 0.4) is 0 Å². The second-order valence-corrected chi connectivity index (χ2v) is 15.1. The molecular weight excluding hydrogens is 669 g/mol. The van der Waals surface area contributed by atoms with Crippen molar-refractivity contribution in [1.82, 2.24) is 9.13 Å². The standard InChI is InChI=1S/C48H26N2O2S/c1-5-13-37-33(11-1)45-39(49(37)27-17-23-43-35(25-27)29-9-3-7-15-41(29)51-43)21-19-31-32-20-22-40-46(48(32)53-47(31)45)34-12-2-6-14-38(34)50(40)28-18-24-44-36(26-28)30-10-4-8-16-42(30)52-44/h1-26H. The van der Waals surface area contributed by atoms with Crippen LogP contribution in [0.1, 0.15) is 0 Å². The lowest BCUT2D eigenvalue weighted by Gasteiger charge is -2.08. The number of aromatic nitrogens is 2. The number of para-hydroxylation sites is 4. The third kappa shape index (κ3) is 3.59. The summed E-state index contributed by atoms with van der Waals surface area (Å²) in [5.41, 5.74) is 10.7. The fourth-order valence-electron chi connectivity index (χ4n) is 9.06. The lowest BCUT2D eigenvalue weighted by atomic mass is 10.1. The van der Waals surface area contributed by atoms with Crippen LogP contribution in [-0.4, -0.2) is 9.13 Å². The average molecular weight is 695 g/mol. The Morgan fingerprint density at radius 2 is 0.736 bits per heavy atom. The molecule has 0 aliphatic heterocycles. The predicted molar refractivity (Wildman–Crippen MR) is 223 cm³/mol. The largest absolute Gasteiger partial charge is 0.456 e. The minimum atomic E-state index is 0.906. The topological polar surface area (TPSA) is 36.1 Å². The molecule has 0 aliphatic rings. The average Bonchev–Trinajstić information content (AvgIpc) is 4.01. The molecule has 0 aliphatic carbocycles. The van der Waals surface area contributed by atoms with Crippen LogP contribution in [0.5, 0.6) is 0 Å². The molecule has 13 aromatic rings. The SMILES string of the molecule is c1ccc2c(c1)oc1ccc(-n3c4ccccc4c4c5sc6c(ccc7c6c6ccccc6n7-c6ccc7oc8ccccc8c7c6)c5ccc43)cc12. The van der Waals surface area contributed by atoms with E-state index in [-0.39, 0.29) is 0 Å². The molecule has 53 heavy (non-hydrogen) atoms. The van der Waals surface area contributed by atoms with Crippen molar-refractivity contribution in [2.75, 3.05) is 0 Å². The van der Waals surface area contributed by atoms with E-state index in [1.807, 2.05) is 35.6 Å². The van der Waals surface area contributed by atoms with Crippen LogP contribution in [0.15, 0.2) is 167 Å². The minimum absolute atomic E-state index is 0.906. The van der Waals surface area contributed by atoms with Crippen molar-refractivity contribution >= 4 is 119 Å². The molecule has 5 heteroatoms. The van der Waals surface area contributed by atoms with Crippen LogP contribution in [-0.2, 0) is 0 Å². The maximum atomic E-state index is 6.21. The van der Waals surface area contributed by atoms with E-state index in [4.69, 9.17) is 8.83 Å². The quantitative estimate of drug-likeness (QED) is 0.181. The first-order valence-corrected chi connectivity index (χ1v) is 18.7. The van der Waals surface area contributed by atoms with Crippen molar-refractivity contribution in [2.24, 2.45) is 0 Å². The van der Waals surface area contributed by atoms with E-state index >= 15 is 0 Å². The molecule has 246 valence electrons. The van der Waals surface area contributed by atoms with Crippen molar-refractivity contribution in [1.29, 1.82) is 0 Å². The van der Waals surface area contributed by atoms with Gasteiger partial charge in [-0.15, -0.1) is 11.3 Å². The van der Waals surface area contributed by atoms with Gasteiger partial charge in [-0.25, -0.2) is 0 Å². The lowest BCUT2D eigenvalue weighted by Crippen LogP contribution is -1.93. The smallest absolute Gasteiger partial charge is 0.135 e. The maximum absolute atomic E-state index is 6.21. The number of rotatable bonds is 2. The van der Waals surface area contributed by atoms with Crippen molar-refractivity contribution in [3.05, 3.63) is 158 Å². The van der Waals surface area contributed by atoms with Gasteiger partial charge in [0.15, 0.2) is 0 Å². The highest BCUT2D eigenvalue weighted by molar-refractivity contribution is 7.27. The predicted octanol–water partition coefficient (Wildman–Crippen LogP) is 14.0. The fraction of sp³-hybridized carbons (Fsp3) is 0. The van der Waals surface area contributed by atoms with Crippen molar-refractivity contribution < 1.29 is 8.83 Å². The molecule has 13 rings (SSSR count). The molecule has 4 nitrogen and oxygen atoms in total. The van der Waals surface area contributed by atoms with Gasteiger partial charge in [-0.3, -0.25) is 0 Å². The molecule has 0 spiro atoms. The van der Waals surface area contributed by atoms with Gasteiger partial charge in [0.2, 0.25) is 0 Å². The number of benzene rings is 8. The Bertz CT molecular complexity index is 3460. The van der Waals surface area contributed by atoms with Crippen molar-refractivity contribution in [3.8, 4) is 11.4 Å². The summed E-state index contributed by atoms with van der Waals surface area (Å²) in [5.74, 6) is 0. The molecule has 0 saturated heterocycles. The minimum Gasteiger partial charge on any atom is -0.456 e. The Kier molecular flexibility index (Phi) is 5.22. The highest BCUT2D eigenvalue weighted by Gasteiger charge is 2.22. The van der Waals surface area contributed by atoms with Gasteiger partial charge in [0.1, 0.15) is 22.3 Å². The second kappa shape index (κ2) is 9.94. The zero-order valence-corrected chi connectivity index (χ0v) is 28.9. The van der Waals surface area contributed by atoms with Crippen molar-refractivity contribution in [2.45, 2.75) is 0 Å². The van der Waals surface area contributed by atoms with E-state index in [9.17, 15) is 0 Å². The Morgan fingerprint density at radius 3 is 1.23 bits per heavy atom. The molecule has 0 N–H and O–H groups in total. The summed E-state index contributed by atoms with van der Waals surface area (Å²) in [6, 6.07) is 56.7. The van der Waals surface area contributed by atoms with Gasteiger partial charge in [0, 0.05) is 74.6 Å². The Balaban J connectivity index is 1.10. The molecule has 0 amide bonds. The van der Waals surface area contributed by atoms with Crippen LogP contribution in [0.4, 0.5) is 0 Å². The summed E-state index contributed by atoms with van der Waals surface area (Å²) in [6.45, 7) is 0. The van der Waals surface area contributed by atoms with Gasteiger partial charge in [-0.05, 0) is 72.8 Å². The Hall–Kier alpha value is -6.82. The van der Waals surface area contributed by atoms with E-state index in [2.05, 4.69) is 143 Å². The van der Waals surface area contributed by atoms with Gasteiger partial charge in [-0.1, -0.05) is 84.9 Å². The first-order chi connectivity index (χ1) is 26.3. The number of nitrogens with zero attached hydrogens (tertiary/aromatic N) is 2. The van der Waals surface area contributed by atoms with Gasteiger partial charge in [-0.2, -0.15) is 0 Å². The molecule has 0 fully saturated rings. The monoisotopic (exact) mass is 694 g/mol. The lowest BCUT2D eigenvalue weighted by molar-refractivity contribution is 0.668. The van der Waals surface area contributed by atoms with E-state index < -0.39 is 0 Å². The van der Waals surface area contributed by atoms with Crippen LogP contribution in [0.25, 0.3) is 119 Å². The van der Waals surface area contributed by atoms with E-state index in [0.29, 0.717) is 0 Å². The zero-order valence-electron chi connectivity index (χ0n) is 28.1. The highest BCUT2D eigenvalue weighted by atomic mass is 32.1. The van der Waals surface area contributed by atoms with Crippen LogP contribution in [0.2, 0.25) is 0 Å². The summed E-state index contributed by atoms with van der Waals surface area (Å²) < 4.78 is 19.9. The third-order valence-electron chi connectivity index (χ3n) is 11.3. The van der Waals surface area contributed by atoms with Gasteiger partial charge >= 0.3 is 0 Å².